The maximum atomic E-state index is 14.1. The molecular formula is C46H56N2O24. The van der Waals surface area contributed by atoms with E-state index in [1.54, 1.807) is 6.92 Å². The van der Waals surface area contributed by atoms with Crippen molar-refractivity contribution in [3.05, 3.63) is 68.8 Å². The Balaban J connectivity index is 0.000000556. The lowest BCUT2D eigenvalue weighted by molar-refractivity contribution is -0.339. The summed E-state index contributed by atoms with van der Waals surface area (Å²) in [6, 6.07) is 2.44. The number of fused-ring (bicyclic) bond motifs is 5. The van der Waals surface area contributed by atoms with Crippen molar-refractivity contribution in [2.75, 3.05) is 27.4 Å². The molecule has 0 aromatic heterocycles. The molecule has 0 unspecified atom stereocenters. The van der Waals surface area contributed by atoms with Crippen LogP contribution < -0.4 is 15.4 Å². The molecule has 0 spiro atoms. The van der Waals surface area contributed by atoms with Gasteiger partial charge in [-0.3, -0.25) is 19.2 Å². The number of carboxylic acid groups (broad SMARTS) is 1. The predicted octanol–water partition coefficient (Wildman–Crippen LogP) is -3.83. The van der Waals surface area contributed by atoms with Crippen molar-refractivity contribution in [1.82, 2.24) is 10.6 Å². The second-order valence-electron chi connectivity index (χ2n) is 17.8. The maximum Gasteiger partial charge on any atom is 0.325 e. The Morgan fingerprint density at radius 1 is 0.764 bits per heavy atom. The number of aromatic hydroxyl groups is 3. The van der Waals surface area contributed by atoms with Crippen LogP contribution in [0.15, 0.2) is 24.3 Å². The van der Waals surface area contributed by atoms with Gasteiger partial charge in [-0.15, -0.1) is 0 Å². The van der Waals surface area contributed by atoms with Gasteiger partial charge in [0.15, 0.2) is 30.4 Å². The summed E-state index contributed by atoms with van der Waals surface area (Å²) >= 11 is 0. The zero-order valence-corrected chi connectivity index (χ0v) is 38.9. The number of carbonyl (C=O) groups is 4. The first-order chi connectivity index (χ1) is 33.9. The molecule has 394 valence electrons. The van der Waals surface area contributed by atoms with Crippen LogP contribution in [0.1, 0.15) is 84.9 Å². The number of hydrogen-bond acceptors (Lipinski definition) is 24. The molecular weight excluding hydrogens is 964 g/mol. The van der Waals surface area contributed by atoms with Crippen molar-refractivity contribution < 1.29 is 119 Å². The Hall–Kier alpha value is -5.50. The van der Waals surface area contributed by atoms with E-state index in [9.17, 15) is 65.1 Å². The van der Waals surface area contributed by atoms with Gasteiger partial charge in [-0.05, 0) is 56.6 Å². The number of phenolic OH excluding ortho intramolecular Hbond substituents is 3. The highest BCUT2D eigenvalue weighted by Gasteiger charge is 2.51. The van der Waals surface area contributed by atoms with E-state index in [-0.39, 0.29) is 33.6 Å². The van der Waals surface area contributed by atoms with E-state index < -0.39 is 186 Å². The molecule has 72 heavy (non-hydrogen) atoms. The zero-order valence-electron chi connectivity index (χ0n) is 38.9. The van der Waals surface area contributed by atoms with Crippen LogP contribution >= 0.6 is 0 Å². The zero-order chi connectivity index (χ0) is 53.1. The van der Waals surface area contributed by atoms with Crippen molar-refractivity contribution in [1.29, 1.82) is 0 Å². The minimum atomic E-state index is -1.89. The number of aliphatic carboxylic acids is 1. The number of nitrogens with one attached hydrogen (secondary N) is 2. The number of aryl methyl sites for hydroxylation is 1. The minimum absolute atomic E-state index is 0.0161. The summed E-state index contributed by atoms with van der Waals surface area (Å²) < 4.78 is 33.5. The topological polar surface area (TPSA) is 431 Å². The van der Waals surface area contributed by atoms with Gasteiger partial charge in [-0.2, -0.15) is 0 Å². The first-order valence-corrected chi connectivity index (χ1v) is 22.3. The Morgan fingerprint density at radius 2 is 1.40 bits per heavy atom. The van der Waals surface area contributed by atoms with E-state index >= 15 is 0 Å². The van der Waals surface area contributed by atoms with Crippen molar-refractivity contribution in [2.45, 2.75) is 125 Å². The van der Waals surface area contributed by atoms with Gasteiger partial charge in [0.05, 0.1) is 49.2 Å². The third kappa shape index (κ3) is 9.50. The average Bonchev–Trinajstić information content (AvgIpc) is 3.33. The summed E-state index contributed by atoms with van der Waals surface area (Å²) in [5.74, 6) is -6.63. The number of carbonyl (C=O) groups excluding carboxylic acids is 3. The van der Waals surface area contributed by atoms with Gasteiger partial charge in [0.1, 0.15) is 96.2 Å². The Bertz CT molecular complexity index is 2590. The Morgan fingerprint density at radius 3 is 2.03 bits per heavy atom. The second kappa shape index (κ2) is 21.2. The molecule has 26 nitrogen and oxygen atoms in total. The van der Waals surface area contributed by atoms with Crippen LogP contribution in [0.3, 0.4) is 0 Å². The number of rotatable bonds is 10. The fourth-order valence-electron chi connectivity index (χ4n) is 9.38. The Labute approximate surface area is 407 Å². The van der Waals surface area contributed by atoms with Crippen molar-refractivity contribution in [3.8, 4) is 34.1 Å². The van der Waals surface area contributed by atoms with Crippen LogP contribution in [-0.2, 0) is 28.5 Å². The molecule has 0 saturated carbocycles. The van der Waals surface area contributed by atoms with Crippen LogP contribution in [-0.4, -0.2) is 214 Å². The standard InChI is InChI=1S/C40H44N2O18.C6H12O6/c1-11-6-18-24(31(49)21(11)37(53)42-12(2)38(54)55)23-16(9-17-25(32(23)50)28(46)15-7-14(56-5)8-19(43)22(15)27(17)45)29(47)35(18)59-40-34(52)36(26(41-4)13(3)58-40)60-39-33(51)30(48)20(44)10-57-39;7-1-2-3(8)4(9)5(10)6(11)12-2/h6-9,12-13,20,26,29-30,33-36,39-41,43-44,47-52H,10H2,1-5H3,(H,42,53)(H,54,55);2-11H,1H2/t12-,13-,20-,26+,29+,30+,33-,34-,35+,36+,39+,40+;2-,3-,4+,5+,6-/m11/s1. The van der Waals surface area contributed by atoms with Crippen LogP contribution in [0, 0.1) is 6.92 Å². The van der Waals surface area contributed by atoms with E-state index in [0.29, 0.717) is 0 Å². The van der Waals surface area contributed by atoms with Crippen LogP contribution in [0.25, 0.3) is 11.1 Å². The van der Waals surface area contributed by atoms with Gasteiger partial charge in [-0.1, -0.05) is 6.07 Å². The summed E-state index contributed by atoms with van der Waals surface area (Å²) in [6.07, 6.45) is -22.6. The molecule has 17 atom stereocenters. The lowest BCUT2D eigenvalue weighted by Crippen LogP contribution is -2.65. The monoisotopic (exact) mass is 1020 g/mol. The molecule has 1 amide bonds. The largest absolute Gasteiger partial charge is 0.507 e. The highest BCUT2D eigenvalue weighted by Crippen LogP contribution is 2.57. The second-order valence-corrected chi connectivity index (χ2v) is 17.8. The first kappa shape index (κ1) is 54.3. The average molecular weight is 1020 g/mol. The molecule has 0 bridgehead atoms. The number of methoxy groups -OCH3 is 1. The van der Waals surface area contributed by atoms with Gasteiger partial charge in [0, 0.05) is 28.3 Å². The minimum Gasteiger partial charge on any atom is -0.507 e. The van der Waals surface area contributed by atoms with E-state index in [2.05, 4.69) is 15.4 Å². The van der Waals surface area contributed by atoms with Gasteiger partial charge in [0.2, 0.25) is 0 Å². The van der Waals surface area contributed by atoms with E-state index in [1.165, 1.54) is 40.1 Å². The number of likely N-dealkylation sites (N-methyl/N-ethyl adjacent to an activating group) is 1. The highest BCUT2D eigenvalue weighted by atomic mass is 16.7. The molecule has 3 heterocycles. The number of carboxylic acids is 1. The molecule has 3 aromatic carbocycles. The molecule has 3 aliphatic heterocycles. The van der Waals surface area contributed by atoms with Gasteiger partial charge >= 0.3 is 5.97 Å². The first-order valence-electron chi connectivity index (χ1n) is 22.3. The number of aliphatic hydroxyl groups excluding tert-OH is 10. The fraction of sp³-hybridized carbons (Fsp3) is 0.522. The summed E-state index contributed by atoms with van der Waals surface area (Å²) in [4.78, 5) is 53.3. The maximum absolute atomic E-state index is 14.1. The van der Waals surface area contributed by atoms with E-state index in [1.807, 2.05) is 0 Å². The molecule has 5 aliphatic rings. The normalized spacial score (nSPS) is 33.3. The molecule has 0 radical (unpaired) electrons. The third-order valence-corrected chi connectivity index (χ3v) is 13.3. The summed E-state index contributed by atoms with van der Waals surface area (Å²) in [7, 11) is 2.80. The number of ketones is 2. The van der Waals surface area contributed by atoms with Crippen molar-refractivity contribution >= 4 is 23.4 Å². The smallest absolute Gasteiger partial charge is 0.325 e. The fourth-order valence-corrected chi connectivity index (χ4v) is 9.38. The van der Waals surface area contributed by atoms with Gasteiger partial charge < -0.3 is 111 Å². The number of amides is 1. The lowest BCUT2D eigenvalue weighted by Gasteiger charge is -2.47. The predicted molar refractivity (Wildman–Crippen MR) is 237 cm³/mol. The Kier molecular flexibility index (Phi) is 15.9. The molecule has 3 fully saturated rings. The lowest BCUT2D eigenvalue weighted by atomic mass is 9.74. The van der Waals surface area contributed by atoms with Crippen LogP contribution in [0.5, 0.6) is 23.0 Å². The SMILES string of the molecule is CN[C@@H]1[C@H](O[C@@H]2OC[C@@H](O)[C@H](O)[C@H]2O)[C@@H](O)[C@H](O[C@H]2c3cc(C)c(C(=O)N[C@H](C)C(=O)O)c(O)c3-c3c(cc4c(c3O)C(=O)c3cc(OC)cc(O)c3C4=O)[C@@H]2O)O[C@@H]1C.OC[C@H]1O[C@@H](O)[C@@H](O)[C@@H](O)[C@@H]1O. The van der Waals surface area contributed by atoms with Crippen LogP contribution in [0.2, 0.25) is 0 Å². The summed E-state index contributed by atoms with van der Waals surface area (Å²) in [5.41, 5.74) is -3.36. The number of aliphatic hydroxyl groups is 10. The molecule has 2 aliphatic carbocycles. The van der Waals surface area contributed by atoms with Crippen LogP contribution in [0.4, 0.5) is 0 Å². The summed E-state index contributed by atoms with van der Waals surface area (Å²) in [5, 5.41) is 149. The molecule has 3 aromatic rings. The van der Waals surface area contributed by atoms with Crippen molar-refractivity contribution in [2.24, 2.45) is 0 Å². The number of benzene rings is 3. The molecule has 3 saturated heterocycles. The number of phenols is 3. The summed E-state index contributed by atoms with van der Waals surface area (Å²) in [6.45, 7) is 3.23. The van der Waals surface area contributed by atoms with E-state index in [4.69, 9.17) is 49.2 Å². The molecule has 16 N–H and O–H groups in total. The molecule has 8 rings (SSSR count). The van der Waals surface area contributed by atoms with Crippen molar-refractivity contribution in [3.63, 3.8) is 0 Å². The third-order valence-electron chi connectivity index (χ3n) is 13.3. The van der Waals surface area contributed by atoms with Gasteiger partial charge in [0.25, 0.3) is 5.91 Å². The molecule has 26 heteroatoms. The van der Waals surface area contributed by atoms with E-state index in [0.717, 1.165) is 12.1 Å². The number of hydrogen-bond donors (Lipinski definition) is 16. The highest BCUT2D eigenvalue weighted by molar-refractivity contribution is 6.31. The number of ether oxygens (including phenoxy) is 6. The quantitative estimate of drug-likeness (QED) is 0.0723. The van der Waals surface area contributed by atoms with Gasteiger partial charge in [-0.25, -0.2) is 0 Å².